The number of carbonyl (C=O) groups is 2. The minimum absolute atomic E-state index is 0.161. The van der Waals surface area contributed by atoms with Gasteiger partial charge >= 0.3 is 5.97 Å². The topological polar surface area (TPSA) is 46.6 Å². The van der Waals surface area contributed by atoms with Crippen LogP contribution in [0.1, 0.15) is 13.8 Å². The number of hydrogen-bond donors (Lipinski definition) is 0. The zero-order valence-electron chi connectivity index (χ0n) is 8.40. The van der Waals surface area contributed by atoms with E-state index in [0.717, 1.165) is 6.08 Å². The quantitative estimate of drug-likeness (QED) is 0.477. The van der Waals surface area contributed by atoms with Gasteiger partial charge in [-0.05, 0) is 13.8 Å². The number of esters is 1. The molecule has 0 unspecified atom stereocenters. The molecule has 0 N–H and O–H groups in total. The van der Waals surface area contributed by atoms with Gasteiger partial charge in [-0.3, -0.25) is 4.79 Å². The van der Waals surface area contributed by atoms with Crippen LogP contribution in [-0.4, -0.2) is 37.0 Å². The third kappa shape index (κ3) is 5.90. The van der Waals surface area contributed by atoms with E-state index in [1.807, 2.05) is 0 Å². The van der Waals surface area contributed by atoms with Crippen molar-refractivity contribution in [3.8, 4) is 0 Å². The number of hydrogen-bond acceptors (Lipinski definition) is 3. The van der Waals surface area contributed by atoms with Crippen molar-refractivity contribution >= 4 is 11.9 Å². The molecule has 0 aliphatic carbocycles. The number of nitrogens with zero attached hydrogens (tertiary/aromatic N) is 1. The molecule has 0 aliphatic rings. The Balaban J connectivity index is 3.98. The Labute approximate surface area is 78.2 Å². The summed E-state index contributed by atoms with van der Waals surface area (Å²) in [6, 6.07) is 0. The van der Waals surface area contributed by atoms with Crippen LogP contribution in [0.15, 0.2) is 12.2 Å². The molecule has 0 radical (unpaired) electrons. The summed E-state index contributed by atoms with van der Waals surface area (Å²) in [5.74, 6) is -0.731. The first-order valence-electron chi connectivity index (χ1n) is 4.03. The van der Waals surface area contributed by atoms with E-state index < -0.39 is 5.97 Å². The van der Waals surface area contributed by atoms with Gasteiger partial charge in [-0.1, -0.05) is 0 Å². The Morgan fingerprint density at radius 3 is 2.15 bits per heavy atom. The van der Waals surface area contributed by atoms with Crippen molar-refractivity contribution in [3.05, 3.63) is 12.2 Å². The summed E-state index contributed by atoms with van der Waals surface area (Å²) in [5, 5.41) is 0. The van der Waals surface area contributed by atoms with Gasteiger partial charge in [0.1, 0.15) is 0 Å². The van der Waals surface area contributed by atoms with Gasteiger partial charge < -0.3 is 9.64 Å². The summed E-state index contributed by atoms with van der Waals surface area (Å²) in [6.45, 7) is 3.50. The average Bonchev–Trinajstić information content (AvgIpc) is 1.98. The lowest BCUT2D eigenvalue weighted by Crippen LogP contribution is -2.19. The second kappa shape index (κ2) is 5.35. The minimum Gasteiger partial charge on any atom is -0.460 e. The van der Waals surface area contributed by atoms with E-state index in [0.29, 0.717) is 0 Å². The van der Waals surface area contributed by atoms with Crippen LogP contribution >= 0.6 is 0 Å². The highest BCUT2D eigenvalue weighted by Crippen LogP contribution is 1.91. The van der Waals surface area contributed by atoms with E-state index in [1.165, 1.54) is 11.0 Å². The molecular weight excluding hydrogens is 170 g/mol. The first-order chi connectivity index (χ1) is 5.93. The van der Waals surface area contributed by atoms with Gasteiger partial charge in [0.2, 0.25) is 5.91 Å². The molecule has 0 fully saturated rings. The van der Waals surface area contributed by atoms with Crippen LogP contribution in [0, 0.1) is 0 Å². The molecule has 0 saturated carbocycles. The number of rotatable bonds is 3. The number of carbonyl (C=O) groups excluding carboxylic acids is 2. The first kappa shape index (κ1) is 11.7. The van der Waals surface area contributed by atoms with Crippen LogP contribution in [0.3, 0.4) is 0 Å². The van der Waals surface area contributed by atoms with E-state index >= 15 is 0 Å². The van der Waals surface area contributed by atoms with Crippen LogP contribution in [0.2, 0.25) is 0 Å². The van der Waals surface area contributed by atoms with E-state index in [2.05, 4.69) is 0 Å². The zero-order valence-corrected chi connectivity index (χ0v) is 8.40. The Bertz CT molecular complexity index is 219. The van der Waals surface area contributed by atoms with Crippen molar-refractivity contribution in [2.45, 2.75) is 20.0 Å². The second-order valence-electron chi connectivity index (χ2n) is 3.05. The monoisotopic (exact) mass is 185 g/mol. The fourth-order valence-corrected chi connectivity index (χ4v) is 0.560. The molecule has 0 atom stereocenters. The van der Waals surface area contributed by atoms with Crippen LogP contribution in [0.4, 0.5) is 0 Å². The second-order valence-corrected chi connectivity index (χ2v) is 3.05. The maximum absolute atomic E-state index is 11.0. The molecule has 0 spiro atoms. The first-order valence-corrected chi connectivity index (χ1v) is 4.03. The molecule has 4 heteroatoms. The number of ether oxygens (including phenoxy) is 1. The third-order valence-corrected chi connectivity index (χ3v) is 1.15. The van der Waals surface area contributed by atoms with Gasteiger partial charge in [0.05, 0.1) is 6.10 Å². The van der Waals surface area contributed by atoms with E-state index in [1.54, 1.807) is 27.9 Å². The predicted molar refractivity (Wildman–Crippen MR) is 49.1 cm³/mol. The maximum Gasteiger partial charge on any atom is 0.331 e. The van der Waals surface area contributed by atoms with Crippen LogP contribution in [0.25, 0.3) is 0 Å². The SMILES string of the molecule is CC(C)OC(=O)/C=C\C(=O)N(C)C. The van der Waals surface area contributed by atoms with E-state index in [-0.39, 0.29) is 12.0 Å². The highest BCUT2D eigenvalue weighted by molar-refractivity contribution is 5.94. The van der Waals surface area contributed by atoms with Crippen molar-refractivity contribution in [1.82, 2.24) is 4.90 Å². The highest BCUT2D eigenvalue weighted by Gasteiger charge is 2.02. The van der Waals surface area contributed by atoms with E-state index in [4.69, 9.17) is 4.74 Å². The van der Waals surface area contributed by atoms with Gasteiger partial charge in [0, 0.05) is 26.2 Å². The molecule has 0 aliphatic heterocycles. The highest BCUT2D eigenvalue weighted by atomic mass is 16.5. The lowest BCUT2D eigenvalue weighted by Gasteiger charge is -2.06. The molecule has 0 aromatic heterocycles. The summed E-state index contributed by atoms with van der Waals surface area (Å²) in [5.41, 5.74) is 0. The van der Waals surface area contributed by atoms with Gasteiger partial charge in [-0.25, -0.2) is 4.79 Å². The van der Waals surface area contributed by atoms with Crippen molar-refractivity contribution in [2.24, 2.45) is 0 Å². The Hall–Kier alpha value is -1.32. The predicted octanol–water partition coefficient (Wildman–Crippen LogP) is 0.582. The lowest BCUT2D eigenvalue weighted by atomic mass is 10.4. The molecule has 1 amide bonds. The fourth-order valence-electron chi connectivity index (χ4n) is 0.560. The standard InChI is InChI=1S/C9H15NO3/c1-7(2)13-9(12)6-5-8(11)10(3)4/h5-7H,1-4H3/b6-5-. The van der Waals surface area contributed by atoms with Crippen molar-refractivity contribution < 1.29 is 14.3 Å². The zero-order chi connectivity index (χ0) is 10.4. The summed E-state index contributed by atoms with van der Waals surface area (Å²) in [4.78, 5) is 23.2. The summed E-state index contributed by atoms with van der Waals surface area (Å²) < 4.78 is 4.78. The molecule has 0 rings (SSSR count). The van der Waals surface area contributed by atoms with Crippen LogP contribution in [0.5, 0.6) is 0 Å². The molecule has 0 saturated heterocycles. The maximum atomic E-state index is 11.0. The smallest absolute Gasteiger partial charge is 0.331 e. The van der Waals surface area contributed by atoms with Gasteiger partial charge in [0.25, 0.3) is 0 Å². The van der Waals surface area contributed by atoms with Gasteiger partial charge in [-0.2, -0.15) is 0 Å². The number of amides is 1. The molecule has 13 heavy (non-hydrogen) atoms. The average molecular weight is 185 g/mol. The summed E-state index contributed by atoms with van der Waals surface area (Å²) in [6.07, 6.45) is 2.15. The molecule has 74 valence electrons. The van der Waals surface area contributed by atoms with Crippen LogP contribution < -0.4 is 0 Å². The lowest BCUT2D eigenvalue weighted by molar-refractivity contribution is -0.141. The molecule has 0 aromatic carbocycles. The minimum atomic E-state index is -0.495. The Kier molecular flexibility index (Phi) is 4.80. The number of likely N-dealkylation sites (N-methyl/N-ethyl adjacent to an activating group) is 1. The molecule has 0 heterocycles. The largest absolute Gasteiger partial charge is 0.460 e. The van der Waals surface area contributed by atoms with Crippen molar-refractivity contribution in [1.29, 1.82) is 0 Å². The molecule has 4 nitrogen and oxygen atoms in total. The van der Waals surface area contributed by atoms with Gasteiger partial charge in [0.15, 0.2) is 0 Å². The van der Waals surface area contributed by atoms with Gasteiger partial charge in [-0.15, -0.1) is 0 Å². The van der Waals surface area contributed by atoms with Crippen molar-refractivity contribution in [3.63, 3.8) is 0 Å². The molecule has 0 bridgehead atoms. The summed E-state index contributed by atoms with van der Waals surface area (Å²) in [7, 11) is 3.22. The van der Waals surface area contributed by atoms with Crippen LogP contribution in [-0.2, 0) is 14.3 Å². The summed E-state index contributed by atoms with van der Waals surface area (Å²) >= 11 is 0. The van der Waals surface area contributed by atoms with Crippen molar-refractivity contribution in [2.75, 3.05) is 14.1 Å². The fraction of sp³-hybridized carbons (Fsp3) is 0.556. The third-order valence-electron chi connectivity index (χ3n) is 1.15. The molecular formula is C9H15NO3. The Morgan fingerprint density at radius 1 is 1.23 bits per heavy atom. The molecule has 0 aromatic rings. The van der Waals surface area contributed by atoms with E-state index in [9.17, 15) is 9.59 Å². The normalized spacial score (nSPS) is 10.5. The Morgan fingerprint density at radius 2 is 1.77 bits per heavy atom.